The average molecular weight is 262 g/mol. The summed E-state index contributed by atoms with van der Waals surface area (Å²) in [6.07, 6.45) is 4.52. The summed E-state index contributed by atoms with van der Waals surface area (Å²) < 4.78 is 0. The molecule has 1 atom stereocenters. The molecule has 1 aliphatic heterocycles. The van der Waals surface area contributed by atoms with Gasteiger partial charge in [-0.05, 0) is 46.5 Å². The zero-order valence-corrected chi connectivity index (χ0v) is 12.4. The Morgan fingerprint density at radius 3 is 3.05 bits per heavy atom. The van der Waals surface area contributed by atoms with Crippen molar-refractivity contribution in [1.82, 2.24) is 14.8 Å². The van der Waals surface area contributed by atoms with E-state index in [1.54, 1.807) is 0 Å². The van der Waals surface area contributed by atoms with Crippen molar-refractivity contribution in [1.29, 1.82) is 0 Å². The molecule has 0 saturated carbocycles. The summed E-state index contributed by atoms with van der Waals surface area (Å²) in [4.78, 5) is 9.30. The third-order valence-electron chi connectivity index (χ3n) is 3.87. The van der Waals surface area contributed by atoms with Gasteiger partial charge in [0, 0.05) is 37.4 Å². The maximum atomic E-state index is 4.42. The van der Waals surface area contributed by atoms with E-state index in [1.165, 1.54) is 24.9 Å². The highest BCUT2D eigenvalue weighted by atomic mass is 15.2. The minimum atomic E-state index is 0.712. The number of likely N-dealkylation sites (tertiary alicyclic amines) is 1. The smallest absolute Gasteiger partial charge is 0.130 e. The Labute approximate surface area is 116 Å². The van der Waals surface area contributed by atoms with Crippen LogP contribution in [0.4, 0.5) is 5.82 Å². The summed E-state index contributed by atoms with van der Waals surface area (Å²) in [5.41, 5.74) is 1.28. The van der Waals surface area contributed by atoms with Crippen LogP contribution >= 0.6 is 0 Å². The third kappa shape index (κ3) is 3.91. The molecule has 19 heavy (non-hydrogen) atoms. The Kier molecular flexibility index (Phi) is 5.16. The summed E-state index contributed by atoms with van der Waals surface area (Å²) in [6, 6.07) is 4.90. The van der Waals surface area contributed by atoms with Gasteiger partial charge in [-0.1, -0.05) is 6.07 Å². The van der Waals surface area contributed by atoms with Gasteiger partial charge in [0.15, 0.2) is 0 Å². The monoisotopic (exact) mass is 262 g/mol. The molecule has 1 N–H and O–H groups in total. The molecule has 4 nitrogen and oxygen atoms in total. The fourth-order valence-corrected chi connectivity index (χ4v) is 2.82. The normalized spacial score (nSPS) is 20.1. The van der Waals surface area contributed by atoms with E-state index in [0.717, 1.165) is 25.5 Å². The van der Waals surface area contributed by atoms with Crippen LogP contribution in [0, 0.1) is 0 Å². The molecule has 1 aromatic heterocycles. The van der Waals surface area contributed by atoms with Crippen LogP contribution in [0.25, 0.3) is 0 Å². The molecule has 2 heterocycles. The lowest BCUT2D eigenvalue weighted by molar-refractivity contribution is 0.215. The van der Waals surface area contributed by atoms with Crippen molar-refractivity contribution in [2.24, 2.45) is 0 Å². The second-order valence-electron chi connectivity index (χ2n) is 5.51. The van der Waals surface area contributed by atoms with Crippen molar-refractivity contribution in [2.45, 2.75) is 32.4 Å². The summed E-state index contributed by atoms with van der Waals surface area (Å²) >= 11 is 0. The standard InChI is InChI=1S/C15H26N4/c1-4-16-15-13(7-5-9-17-15)11-18(2)12-14-8-6-10-19(14)3/h5,7,9,14H,4,6,8,10-12H2,1-3H3,(H,16,17). The molecule has 0 amide bonds. The molecule has 0 radical (unpaired) electrons. The molecule has 0 aliphatic carbocycles. The van der Waals surface area contributed by atoms with Crippen molar-refractivity contribution >= 4 is 5.82 Å². The number of hydrogen-bond acceptors (Lipinski definition) is 4. The fourth-order valence-electron chi connectivity index (χ4n) is 2.82. The maximum absolute atomic E-state index is 4.42. The number of aromatic nitrogens is 1. The highest BCUT2D eigenvalue weighted by Crippen LogP contribution is 2.18. The van der Waals surface area contributed by atoms with E-state index in [9.17, 15) is 0 Å². The largest absolute Gasteiger partial charge is 0.370 e. The average Bonchev–Trinajstić information content (AvgIpc) is 2.78. The van der Waals surface area contributed by atoms with Gasteiger partial charge in [0.2, 0.25) is 0 Å². The van der Waals surface area contributed by atoms with Crippen molar-refractivity contribution in [2.75, 3.05) is 39.0 Å². The summed E-state index contributed by atoms with van der Waals surface area (Å²) in [6.45, 7) is 6.36. The van der Waals surface area contributed by atoms with Crippen LogP contribution in [0.15, 0.2) is 18.3 Å². The van der Waals surface area contributed by atoms with Crippen LogP contribution < -0.4 is 5.32 Å². The minimum absolute atomic E-state index is 0.712. The number of likely N-dealkylation sites (N-methyl/N-ethyl adjacent to an activating group) is 2. The van der Waals surface area contributed by atoms with Crippen LogP contribution in [-0.4, -0.2) is 54.6 Å². The second kappa shape index (κ2) is 6.87. The number of nitrogens with zero attached hydrogens (tertiary/aromatic N) is 3. The minimum Gasteiger partial charge on any atom is -0.370 e. The fraction of sp³-hybridized carbons (Fsp3) is 0.667. The van der Waals surface area contributed by atoms with E-state index in [-0.39, 0.29) is 0 Å². The quantitative estimate of drug-likeness (QED) is 0.850. The molecule has 2 rings (SSSR count). The summed E-state index contributed by atoms with van der Waals surface area (Å²) in [7, 11) is 4.44. The Morgan fingerprint density at radius 2 is 2.37 bits per heavy atom. The van der Waals surface area contributed by atoms with Crippen LogP contribution in [0.3, 0.4) is 0 Å². The van der Waals surface area contributed by atoms with Crippen LogP contribution in [0.1, 0.15) is 25.3 Å². The first-order chi connectivity index (χ1) is 9.20. The van der Waals surface area contributed by atoms with Crippen molar-refractivity contribution in [3.8, 4) is 0 Å². The van der Waals surface area contributed by atoms with Crippen molar-refractivity contribution in [3.63, 3.8) is 0 Å². The molecule has 0 spiro atoms. The van der Waals surface area contributed by atoms with E-state index in [2.05, 4.69) is 47.2 Å². The molecule has 1 aliphatic rings. The highest BCUT2D eigenvalue weighted by molar-refractivity contribution is 5.43. The summed E-state index contributed by atoms with van der Waals surface area (Å²) in [5.74, 6) is 1.02. The lowest BCUT2D eigenvalue weighted by Crippen LogP contribution is -2.36. The van der Waals surface area contributed by atoms with Crippen LogP contribution in [0.5, 0.6) is 0 Å². The van der Waals surface area contributed by atoms with Gasteiger partial charge in [-0.2, -0.15) is 0 Å². The molecule has 0 bridgehead atoms. The number of hydrogen-bond donors (Lipinski definition) is 1. The first kappa shape index (κ1) is 14.3. The lowest BCUT2D eigenvalue weighted by atomic mass is 10.2. The second-order valence-corrected chi connectivity index (χ2v) is 5.51. The van der Waals surface area contributed by atoms with Crippen molar-refractivity contribution in [3.05, 3.63) is 23.9 Å². The van der Waals surface area contributed by atoms with Gasteiger partial charge >= 0.3 is 0 Å². The van der Waals surface area contributed by atoms with Gasteiger partial charge in [0.1, 0.15) is 5.82 Å². The van der Waals surface area contributed by atoms with Gasteiger partial charge in [-0.15, -0.1) is 0 Å². The first-order valence-electron chi connectivity index (χ1n) is 7.27. The van der Waals surface area contributed by atoms with Crippen LogP contribution in [-0.2, 0) is 6.54 Å². The molecular weight excluding hydrogens is 236 g/mol. The zero-order valence-electron chi connectivity index (χ0n) is 12.4. The van der Waals surface area contributed by atoms with E-state index < -0.39 is 0 Å². The van der Waals surface area contributed by atoms with Gasteiger partial charge in [-0.25, -0.2) is 4.98 Å². The molecule has 1 unspecified atom stereocenters. The zero-order chi connectivity index (χ0) is 13.7. The molecule has 0 aromatic carbocycles. The number of pyridine rings is 1. The molecule has 1 aromatic rings. The topological polar surface area (TPSA) is 31.4 Å². The van der Waals surface area contributed by atoms with Gasteiger partial charge < -0.3 is 15.1 Å². The number of nitrogens with one attached hydrogen (secondary N) is 1. The maximum Gasteiger partial charge on any atom is 0.130 e. The van der Waals surface area contributed by atoms with Gasteiger partial charge in [0.25, 0.3) is 0 Å². The lowest BCUT2D eigenvalue weighted by Gasteiger charge is -2.26. The van der Waals surface area contributed by atoms with Gasteiger partial charge in [0.05, 0.1) is 0 Å². The Balaban J connectivity index is 1.92. The number of rotatable bonds is 6. The van der Waals surface area contributed by atoms with E-state index in [4.69, 9.17) is 0 Å². The molecule has 1 saturated heterocycles. The van der Waals surface area contributed by atoms with E-state index in [0.29, 0.717) is 6.04 Å². The van der Waals surface area contributed by atoms with E-state index >= 15 is 0 Å². The molecular formula is C15H26N4. The number of anilines is 1. The highest BCUT2D eigenvalue weighted by Gasteiger charge is 2.22. The Bertz CT molecular complexity index is 393. The Morgan fingerprint density at radius 1 is 1.53 bits per heavy atom. The van der Waals surface area contributed by atoms with Gasteiger partial charge in [-0.3, -0.25) is 0 Å². The van der Waals surface area contributed by atoms with Crippen LogP contribution in [0.2, 0.25) is 0 Å². The molecule has 1 fully saturated rings. The summed E-state index contributed by atoms with van der Waals surface area (Å²) in [5, 5.41) is 3.34. The molecule has 106 valence electrons. The van der Waals surface area contributed by atoms with E-state index in [1.807, 2.05) is 12.3 Å². The first-order valence-corrected chi connectivity index (χ1v) is 7.27. The SMILES string of the molecule is CCNc1ncccc1CN(C)CC1CCCN1C. The predicted octanol–water partition coefficient (Wildman–Crippen LogP) is 2.04. The predicted molar refractivity (Wildman–Crippen MR) is 80.4 cm³/mol. The Hall–Kier alpha value is -1.13. The molecule has 4 heteroatoms. The van der Waals surface area contributed by atoms with Crippen molar-refractivity contribution < 1.29 is 0 Å². The third-order valence-corrected chi connectivity index (χ3v) is 3.87.